The quantitative estimate of drug-likeness (QED) is 0.730. The molecule has 0 unspecified atom stereocenters. The zero-order chi connectivity index (χ0) is 17.2. The molecule has 6 heteroatoms. The van der Waals surface area contributed by atoms with Gasteiger partial charge in [0.1, 0.15) is 4.90 Å². The van der Waals surface area contributed by atoms with Crippen LogP contribution in [0.15, 0.2) is 71.6 Å². The number of sulfonamides is 1. The number of aliphatic hydroxyl groups excluding tert-OH is 1. The minimum atomic E-state index is -3.79. The lowest BCUT2D eigenvalue weighted by Crippen LogP contribution is -2.28. The molecule has 0 bridgehead atoms. The van der Waals surface area contributed by atoms with Crippen LogP contribution in [0.25, 0.3) is 10.8 Å². The van der Waals surface area contributed by atoms with Gasteiger partial charge in [-0.3, -0.25) is 0 Å². The zero-order valence-electron chi connectivity index (χ0n) is 12.7. The Morgan fingerprint density at radius 3 is 2.42 bits per heavy atom. The molecule has 2 N–H and O–H groups in total. The van der Waals surface area contributed by atoms with E-state index in [4.69, 9.17) is 11.6 Å². The molecule has 0 aliphatic rings. The van der Waals surface area contributed by atoms with Crippen LogP contribution in [-0.4, -0.2) is 20.1 Å². The summed E-state index contributed by atoms with van der Waals surface area (Å²) in [7, 11) is -3.79. The topological polar surface area (TPSA) is 66.4 Å². The standard InChI is InChI=1S/C18H16ClNO3S/c19-16-10-3-4-11-18(16)24(22,23)20-12-17(21)15-9-5-7-13-6-1-2-8-14(13)15/h1-11,17,20-21H,12H2/t17-/m1/s1. The first-order valence-corrected chi connectivity index (χ1v) is 9.25. The van der Waals surface area contributed by atoms with Crippen molar-refractivity contribution in [1.29, 1.82) is 0 Å². The number of benzene rings is 3. The maximum atomic E-state index is 12.3. The Morgan fingerprint density at radius 1 is 0.958 bits per heavy atom. The van der Waals surface area contributed by atoms with Crippen LogP contribution >= 0.6 is 11.6 Å². The molecule has 3 rings (SSSR count). The maximum absolute atomic E-state index is 12.3. The number of rotatable bonds is 5. The Hall–Kier alpha value is -1.92. The predicted molar refractivity (Wildman–Crippen MR) is 95.5 cm³/mol. The summed E-state index contributed by atoms with van der Waals surface area (Å²) < 4.78 is 27.1. The van der Waals surface area contributed by atoms with Gasteiger partial charge >= 0.3 is 0 Å². The smallest absolute Gasteiger partial charge is 0.242 e. The summed E-state index contributed by atoms with van der Waals surface area (Å²) in [5.74, 6) is 0. The van der Waals surface area contributed by atoms with Gasteiger partial charge in [0.05, 0.1) is 11.1 Å². The first-order chi connectivity index (χ1) is 11.5. The number of halogens is 1. The number of nitrogens with one attached hydrogen (secondary N) is 1. The van der Waals surface area contributed by atoms with Crippen molar-refractivity contribution in [3.05, 3.63) is 77.3 Å². The molecule has 0 aliphatic carbocycles. The van der Waals surface area contributed by atoms with Crippen molar-refractivity contribution in [2.24, 2.45) is 0 Å². The van der Waals surface area contributed by atoms with Crippen LogP contribution < -0.4 is 4.72 Å². The summed E-state index contributed by atoms with van der Waals surface area (Å²) in [5, 5.41) is 12.5. The molecule has 1 atom stereocenters. The summed E-state index contributed by atoms with van der Waals surface area (Å²) in [6, 6.07) is 19.4. The monoisotopic (exact) mass is 361 g/mol. The highest BCUT2D eigenvalue weighted by Crippen LogP contribution is 2.25. The lowest BCUT2D eigenvalue weighted by molar-refractivity contribution is 0.183. The van der Waals surface area contributed by atoms with E-state index in [-0.39, 0.29) is 16.5 Å². The van der Waals surface area contributed by atoms with Gasteiger partial charge in [-0.1, -0.05) is 66.2 Å². The number of hydrogen-bond donors (Lipinski definition) is 2. The Bertz CT molecular complexity index is 967. The summed E-state index contributed by atoms with van der Waals surface area (Å²) in [6.07, 6.45) is -0.964. The third-order valence-corrected chi connectivity index (χ3v) is 5.70. The molecule has 24 heavy (non-hydrogen) atoms. The SMILES string of the molecule is O=S(=O)(NC[C@@H](O)c1cccc2ccccc12)c1ccccc1Cl. The Morgan fingerprint density at radius 2 is 1.62 bits per heavy atom. The summed E-state index contributed by atoms with van der Waals surface area (Å²) >= 11 is 5.94. The van der Waals surface area contributed by atoms with Crippen LogP contribution in [-0.2, 0) is 10.0 Å². The van der Waals surface area contributed by atoms with Crippen molar-refractivity contribution in [3.8, 4) is 0 Å². The van der Waals surface area contributed by atoms with Gasteiger partial charge in [0.2, 0.25) is 10.0 Å². The zero-order valence-corrected chi connectivity index (χ0v) is 14.3. The molecule has 0 fully saturated rings. The fourth-order valence-electron chi connectivity index (χ4n) is 2.58. The summed E-state index contributed by atoms with van der Waals surface area (Å²) in [4.78, 5) is -0.00298. The molecule has 0 heterocycles. The van der Waals surface area contributed by atoms with E-state index in [2.05, 4.69) is 4.72 Å². The highest BCUT2D eigenvalue weighted by atomic mass is 35.5. The van der Waals surface area contributed by atoms with Gasteiger partial charge in [0, 0.05) is 6.54 Å². The average Bonchev–Trinajstić information content (AvgIpc) is 2.59. The Balaban J connectivity index is 1.83. The van der Waals surface area contributed by atoms with Crippen LogP contribution in [0.3, 0.4) is 0 Å². The molecule has 124 valence electrons. The van der Waals surface area contributed by atoms with E-state index in [1.54, 1.807) is 18.2 Å². The van der Waals surface area contributed by atoms with Crippen LogP contribution in [0, 0.1) is 0 Å². The van der Waals surface area contributed by atoms with E-state index < -0.39 is 16.1 Å². The second kappa shape index (κ2) is 6.91. The molecular formula is C18H16ClNO3S. The van der Waals surface area contributed by atoms with Crippen molar-refractivity contribution in [3.63, 3.8) is 0 Å². The number of hydrogen-bond acceptors (Lipinski definition) is 3. The van der Waals surface area contributed by atoms with Crippen LogP contribution in [0.1, 0.15) is 11.7 Å². The van der Waals surface area contributed by atoms with E-state index in [1.165, 1.54) is 12.1 Å². The molecule has 4 nitrogen and oxygen atoms in total. The first-order valence-electron chi connectivity index (χ1n) is 7.39. The molecule has 0 aromatic heterocycles. The molecule has 0 aliphatic heterocycles. The van der Waals surface area contributed by atoms with E-state index in [0.29, 0.717) is 5.56 Å². The minimum Gasteiger partial charge on any atom is -0.387 e. The van der Waals surface area contributed by atoms with E-state index in [0.717, 1.165) is 10.8 Å². The van der Waals surface area contributed by atoms with E-state index in [1.807, 2.05) is 36.4 Å². The molecule has 0 radical (unpaired) electrons. The molecule has 0 saturated heterocycles. The normalized spacial score (nSPS) is 13.1. The second-order valence-electron chi connectivity index (χ2n) is 5.37. The van der Waals surface area contributed by atoms with E-state index in [9.17, 15) is 13.5 Å². The van der Waals surface area contributed by atoms with Gasteiger partial charge in [0.25, 0.3) is 0 Å². The number of fused-ring (bicyclic) bond motifs is 1. The van der Waals surface area contributed by atoms with Gasteiger partial charge in [-0.05, 0) is 28.5 Å². The Labute approximate surface area is 145 Å². The van der Waals surface area contributed by atoms with Crippen LogP contribution in [0.4, 0.5) is 0 Å². The highest BCUT2D eigenvalue weighted by molar-refractivity contribution is 7.89. The number of aliphatic hydroxyl groups is 1. The van der Waals surface area contributed by atoms with Crippen molar-refractivity contribution in [2.45, 2.75) is 11.0 Å². The van der Waals surface area contributed by atoms with Crippen molar-refractivity contribution < 1.29 is 13.5 Å². The molecule has 0 saturated carbocycles. The largest absolute Gasteiger partial charge is 0.387 e. The molecule has 3 aromatic rings. The van der Waals surface area contributed by atoms with Gasteiger partial charge < -0.3 is 5.11 Å². The van der Waals surface area contributed by atoms with E-state index >= 15 is 0 Å². The van der Waals surface area contributed by atoms with Crippen molar-refractivity contribution >= 4 is 32.4 Å². The van der Waals surface area contributed by atoms with Crippen LogP contribution in [0.5, 0.6) is 0 Å². The lowest BCUT2D eigenvalue weighted by atomic mass is 10.0. The summed E-state index contributed by atoms with van der Waals surface area (Å²) in [6.45, 7) is -0.137. The maximum Gasteiger partial charge on any atom is 0.242 e. The average molecular weight is 362 g/mol. The fraction of sp³-hybridized carbons (Fsp3) is 0.111. The predicted octanol–water partition coefficient (Wildman–Crippen LogP) is 3.51. The van der Waals surface area contributed by atoms with Crippen LogP contribution in [0.2, 0.25) is 5.02 Å². The Kier molecular flexibility index (Phi) is 4.87. The molecule has 0 amide bonds. The summed E-state index contributed by atoms with van der Waals surface area (Å²) in [5.41, 5.74) is 0.676. The van der Waals surface area contributed by atoms with Gasteiger partial charge in [0.15, 0.2) is 0 Å². The van der Waals surface area contributed by atoms with Crippen molar-refractivity contribution in [1.82, 2.24) is 4.72 Å². The molecule has 3 aromatic carbocycles. The molecule has 0 spiro atoms. The highest BCUT2D eigenvalue weighted by Gasteiger charge is 2.19. The van der Waals surface area contributed by atoms with Gasteiger partial charge in [-0.2, -0.15) is 0 Å². The first kappa shape index (κ1) is 16.9. The third-order valence-electron chi connectivity index (χ3n) is 3.78. The van der Waals surface area contributed by atoms with Crippen molar-refractivity contribution in [2.75, 3.05) is 6.54 Å². The van der Waals surface area contributed by atoms with Gasteiger partial charge in [-0.25, -0.2) is 13.1 Å². The molecular weight excluding hydrogens is 346 g/mol. The fourth-order valence-corrected chi connectivity index (χ4v) is 4.14. The lowest BCUT2D eigenvalue weighted by Gasteiger charge is -2.15. The second-order valence-corrected chi connectivity index (χ2v) is 7.51. The minimum absolute atomic E-state index is 0.00298. The third kappa shape index (κ3) is 3.44. The van der Waals surface area contributed by atoms with Gasteiger partial charge in [-0.15, -0.1) is 0 Å².